The van der Waals surface area contributed by atoms with E-state index in [2.05, 4.69) is 5.32 Å². The fourth-order valence-electron chi connectivity index (χ4n) is 3.55. The SMILES string of the molecule is CC(C)N(Cc1ccccc1)S(=O)(=O)c1ccc(C(=O)Nc2ccc3c(c2)OCCO3)cc1. The summed E-state index contributed by atoms with van der Waals surface area (Å²) >= 11 is 0. The highest BCUT2D eigenvalue weighted by molar-refractivity contribution is 7.89. The number of amides is 1. The van der Waals surface area contributed by atoms with Gasteiger partial charge in [-0.3, -0.25) is 4.79 Å². The summed E-state index contributed by atoms with van der Waals surface area (Å²) < 4.78 is 39.1. The Morgan fingerprint density at radius 1 is 0.939 bits per heavy atom. The molecule has 172 valence electrons. The molecular formula is C25H26N2O5S. The molecule has 0 fully saturated rings. The van der Waals surface area contributed by atoms with Crippen LogP contribution in [0.25, 0.3) is 0 Å². The average Bonchev–Trinajstić information content (AvgIpc) is 2.83. The van der Waals surface area contributed by atoms with Crippen molar-refractivity contribution in [1.29, 1.82) is 0 Å². The minimum absolute atomic E-state index is 0.142. The first-order valence-corrected chi connectivity index (χ1v) is 12.2. The second-order valence-corrected chi connectivity index (χ2v) is 9.86. The van der Waals surface area contributed by atoms with E-state index >= 15 is 0 Å². The molecule has 33 heavy (non-hydrogen) atoms. The highest BCUT2D eigenvalue weighted by atomic mass is 32.2. The summed E-state index contributed by atoms with van der Waals surface area (Å²) in [6, 6.07) is 20.4. The van der Waals surface area contributed by atoms with E-state index < -0.39 is 10.0 Å². The lowest BCUT2D eigenvalue weighted by atomic mass is 10.2. The van der Waals surface area contributed by atoms with Gasteiger partial charge >= 0.3 is 0 Å². The Balaban J connectivity index is 1.50. The number of anilines is 1. The molecule has 0 unspecified atom stereocenters. The molecule has 0 radical (unpaired) electrons. The van der Waals surface area contributed by atoms with Crippen molar-refractivity contribution in [3.63, 3.8) is 0 Å². The molecule has 0 aromatic heterocycles. The van der Waals surface area contributed by atoms with Crippen molar-refractivity contribution in [3.05, 3.63) is 83.9 Å². The third kappa shape index (κ3) is 5.18. The van der Waals surface area contributed by atoms with E-state index in [0.717, 1.165) is 5.56 Å². The second-order valence-electron chi connectivity index (χ2n) is 7.97. The molecule has 0 aliphatic carbocycles. The number of benzene rings is 3. The lowest BCUT2D eigenvalue weighted by Gasteiger charge is -2.26. The summed E-state index contributed by atoms with van der Waals surface area (Å²) in [5.41, 5.74) is 1.82. The molecular weight excluding hydrogens is 440 g/mol. The van der Waals surface area contributed by atoms with Crippen molar-refractivity contribution in [3.8, 4) is 11.5 Å². The summed E-state index contributed by atoms with van der Waals surface area (Å²) in [6.45, 7) is 4.91. The van der Waals surface area contributed by atoms with E-state index in [1.165, 1.54) is 28.6 Å². The topological polar surface area (TPSA) is 84.9 Å². The summed E-state index contributed by atoms with van der Waals surface area (Å²) in [4.78, 5) is 12.8. The average molecular weight is 467 g/mol. The first-order valence-electron chi connectivity index (χ1n) is 10.7. The molecule has 1 N–H and O–H groups in total. The third-order valence-electron chi connectivity index (χ3n) is 5.28. The van der Waals surface area contributed by atoms with Crippen LogP contribution in [0.2, 0.25) is 0 Å². The number of ether oxygens (including phenoxy) is 2. The Kier molecular flexibility index (Phi) is 6.67. The van der Waals surface area contributed by atoms with Crippen molar-refractivity contribution in [2.24, 2.45) is 0 Å². The van der Waals surface area contributed by atoms with Crippen molar-refractivity contribution in [2.45, 2.75) is 31.3 Å². The van der Waals surface area contributed by atoms with Crippen LogP contribution >= 0.6 is 0 Å². The third-order valence-corrected chi connectivity index (χ3v) is 7.32. The van der Waals surface area contributed by atoms with Gasteiger partial charge in [0, 0.05) is 29.9 Å². The van der Waals surface area contributed by atoms with E-state index in [9.17, 15) is 13.2 Å². The van der Waals surface area contributed by atoms with Crippen LogP contribution in [0.1, 0.15) is 29.8 Å². The highest BCUT2D eigenvalue weighted by Gasteiger charge is 2.27. The zero-order valence-electron chi connectivity index (χ0n) is 18.5. The Labute approximate surface area is 194 Å². The molecule has 1 heterocycles. The summed E-state index contributed by atoms with van der Waals surface area (Å²) in [7, 11) is -3.74. The van der Waals surface area contributed by atoms with Gasteiger partial charge in [-0.25, -0.2) is 8.42 Å². The minimum atomic E-state index is -3.74. The molecule has 3 aromatic carbocycles. The molecule has 1 amide bonds. The van der Waals surface area contributed by atoms with Gasteiger partial charge in [0.05, 0.1) is 4.90 Å². The number of hydrogen-bond acceptors (Lipinski definition) is 5. The number of carbonyl (C=O) groups excluding carboxylic acids is 1. The fourth-order valence-corrected chi connectivity index (χ4v) is 5.17. The smallest absolute Gasteiger partial charge is 0.255 e. The van der Waals surface area contributed by atoms with Crippen molar-refractivity contribution < 1.29 is 22.7 Å². The maximum Gasteiger partial charge on any atom is 0.255 e. The van der Waals surface area contributed by atoms with E-state index in [-0.39, 0.29) is 23.4 Å². The Morgan fingerprint density at radius 2 is 1.61 bits per heavy atom. The molecule has 0 spiro atoms. The van der Waals surface area contributed by atoms with Gasteiger partial charge in [-0.15, -0.1) is 0 Å². The first-order chi connectivity index (χ1) is 15.8. The van der Waals surface area contributed by atoms with Gasteiger partial charge in [0.2, 0.25) is 10.0 Å². The number of hydrogen-bond donors (Lipinski definition) is 1. The number of carbonyl (C=O) groups is 1. The molecule has 4 rings (SSSR count). The number of nitrogens with one attached hydrogen (secondary N) is 1. The zero-order chi connectivity index (χ0) is 23.4. The number of fused-ring (bicyclic) bond motifs is 1. The van der Waals surface area contributed by atoms with Gasteiger partial charge in [0.1, 0.15) is 13.2 Å². The van der Waals surface area contributed by atoms with Crippen LogP contribution in [0.3, 0.4) is 0 Å². The van der Waals surface area contributed by atoms with Crippen LogP contribution in [0.4, 0.5) is 5.69 Å². The standard InChI is InChI=1S/C25H26N2O5S/c1-18(2)27(17-19-6-4-3-5-7-19)33(29,30)22-11-8-20(9-12-22)25(28)26-21-10-13-23-24(16-21)32-15-14-31-23/h3-13,16,18H,14-15,17H2,1-2H3,(H,26,28). The van der Waals surface area contributed by atoms with Gasteiger partial charge in [-0.2, -0.15) is 4.31 Å². The monoisotopic (exact) mass is 466 g/mol. The summed E-state index contributed by atoms with van der Waals surface area (Å²) in [6.07, 6.45) is 0. The van der Waals surface area contributed by atoms with Crippen LogP contribution in [0.15, 0.2) is 77.7 Å². The van der Waals surface area contributed by atoms with Gasteiger partial charge in [0.25, 0.3) is 5.91 Å². The largest absolute Gasteiger partial charge is 0.486 e. The normalized spacial score (nSPS) is 13.2. The summed E-state index contributed by atoms with van der Waals surface area (Å²) in [5, 5.41) is 2.81. The van der Waals surface area contributed by atoms with Crippen LogP contribution in [-0.2, 0) is 16.6 Å². The molecule has 8 heteroatoms. The van der Waals surface area contributed by atoms with Crippen LogP contribution in [-0.4, -0.2) is 37.9 Å². The molecule has 3 aromatic rings. The molecule has 1 aliphatic heterocycles. The summed E-state index contributed by atoms with van der Waals surface area (Å²) in [5.74, 6) is 0.868. The lowest BCUT2D eigenvalue weighted by Crippen LogP contribution is -2.36. The van der Waals surface area contributed by atoms with Crippen molar-refractivity contribution in [2.75, 3.05) is 18.5 Å². The zero-order valence-corrected chi connectivity index (χ0v) is 19.3. The second kappa shape index (κ2) is 9.64. The van der Waals surface area contributed by atoms with Gasteiger partial charge < -0.3 is 14.8 Å². The maximum atomic E-state index is 13.3. The van der Waals surface area contributed by atoms with E-state index in [4.69, 9.17) is 9.47 Å². The van der Waals surface area contributed by atoms with Gasteiger partial charge in [0.15, 0.2) is 11.5 Å². The Hall–Kier alpha value is -3.36. The Morgan fingerprint density at radius 3 is 2.27 bits per heavy atom. The minimum Gasteiger partial charge on any atom is -0.486 e. The maximum absolute atomic E-state index is 13.3. The number of nitrogens with zero attached hydrogens (tertiary/aromatic N) is 1. The van der Waals surface area contributed by atoms with E-state index in [0.29, 0.717) is 36.0 Å². The fraction of sp³-hybridized carbons (Fsp3) is 0.240. The van der Waals surface area contributed by atoms with Crippen molar-refractivity contribution >= 4 is 21.6 Å². The van der Waals surface area contributed by atoms with Crippen molar-refractivity contribution in [1.82, 2.24) is 4.31 Å². The Bertz CT molecular complexity index is 1230. The van der Waals surface area contributed by atoms with Crippen LogP contribution in [0, 0.1) is 0 Å². The molecule has 0 saturated heterocycles. The molecule has 0 saturated carbocycles. The number of sulfonamides is 1. The number of rotatable bonds is 7. The molecule has 0 bridgehead atoms. The van der Waals surface area contributed by atoms with Gasteiger partial charge in [-0.1, -0.05) is 30.3 Å². The van der Waals surface area contributed by atoms with Crippen LogP contribution in [0.5, 0.6) is 11.5 Å². The quantitative estimate of drug-likeness (QED) is 0.561. The van der Waals surface area contributed by atoms with E-state index in [1.807, 2.05) is 44.2 Å². The predicted molar refractivity (Wildman–Crippen MR) is 126 cm³/mol. The van der Waals surface area contributed by atoms with Crippen LogP contribution < -0.4 is 14.8 Å². The molecule has 1 aliphatic rings. The van der Waals surface area contributed by atoms with Gasteiger partial charge in [-0.05, 0) is 55.8 Å². The highest BCUT2D eigenvalue weighted by Crippen LogP contribution is 2.32. The molecule has 0 atom stereocenters. The van der Waals surface area contributed by atoms with E-state index in [1.54, 1.807) is 18.2 Å². The predicted octanol–water partition coefficient (Wildman–Crippen LogP) is 4.31. The first kappa shape index (κ1) is 22.8. The molecule has 7 nitrogen and oxygen atoms in total. The lowest BCUT2D eigenvalue weighted by molar-refractivity contribution is 0.102.